The van der Waals surface area contributed by atoms with E-state index in [9.17, 15) is 9.18 Å². The molecule has 4 heteroatoms. The summed E-state index contributed by atoms with van der Waals surface area (Å²) < 4.78 is 16.4. The summed E-state index contributed by atoms with van der Waals surface area (Å²) in [5.41, 5.74) is 2.75. The van der Waals surface area contributed by atoms with Gasteiger partial charge in [-0.05, 0) is 42.5 Å². The molecule has 0 saturated heterocycles. The first-order valence-corrected chi connectivity index (χ1v) is 6.89. The Hall–Kier alpha value is -2.88. The molecule has 1 heterocycles. The molecular formula is C18H15FN2O. The standard InChI is InChI=1S/C18H15FN2O/c1-3-16-17(13-9-11-14(19)12-10-13)21(18(22)20(16)2)15-7-5-4-6-8-15/h3-12H,1H2,2H3. The van der Waals surface area contributed by atoms with Gasteiger partial charge in [-0.25, -0.2) is 9.18 Å². The summed E-state index contributed by atoms with van der Waals surface area (Å²) >= 11 is 0. The van der Waals surface area contributed by atoms with E-state index >= 15 is 0 Å². The molecule has 0 saturated carbocycles. The summed E-state index contributed by atoms with van der Waals surface area (Å²) in [6.07, 6.45) is 1.64. The van der Waals surface area contributed by atoms with Crippen LogP contribution in [0.15, 0.2) is 66.0 Å². The van der Waals surface area contributed by atoms with Gasteiger partial charge in [0.15, 0.2) is 0 Å². The van der Waals surface area contributed by atoms with Gasteiger partial charge in [0.1, 0.15) is 5.82 Å². The molecule has 110 valence electrons. The van der Waals surface area contributed by atoms with Crippen LogP contribution >= 0.6 is 0 Å². The molecule has 2 aromatic carbocycles. The van der Waals surface area contributed by atoms with Crippen LogP contribution in [0.4, 0.5) is 4.39 Å². The van der Waals surface area contributed by atoms with Crippen molar-refractivity contribution in [1.82, 2.24) is 9.13 Å². The number of benzene rings is 2. The Balaban J connectivity index is 2.37. The number of para-hydroxylation sites is 1. The van der Waals surface area contributed by atoms with Gasteiger partial charge in [-0.3, -0.25) is 9.13 Å². The zero-order valence-electron chi connectivity index (χ0n) is 12.2. The van der Waals surface area contributed by atoms with E-state index in [1.54, 1.807) is 34.4 Å². The van der Waals surface area contributed by atoms with E-state index in [-0.39, 0.29) is 11.5 Å². The van der Waals surface area contributed by atoms with Crippen LogP contribution in [0.3, 0.4) is 0 Å². The molecule has 0 unspecified atom stereocenters. The molecule has 3 rings (SSSR count). The largest absolute Gasteiger partial charge is 0.333 e. The molecule has 0 aliphatic rings. The third-order valence-corrected chi connectivity index (χ3v) is 3.63. The molecule has 0 N–H and O–H groups in total. The second-order valence-electron chi connectivity index (χ2n) is 4.96. The molecule has 3 aromatic rings. The quantitative estimate of drug-likeness (QED) is 0.724. The first kappa shape index (κ1) is 14.1. The van der Waals surface area contributed by atoms with E-state index in [0.717, 1.165) is 11.3 Å². The lowest BCUT2D eigenvalue weighted by Gasteiger charge is -2.08. The molecular weight excluding hydrogens is 279 g/mol. The molecule has 0 amide bonds. The molecule has 0 spiro atoms. The van der Waals surface area contributed by atoms with E-state index in [0.29, 0.717) is 11.4 Å². The molecule has 0 radical (unpaired) electrons. The van der Waals surface area contributed by atoms with Gasteiger partial charge in [0.2, 0.25) is 0 Å². The van der Waals surface area contributed by atoms with Crippen molar-refractivity contribution in [1.29, 1.82) is 0 Å². The predicted octanol–water partition coefficient (Wildman–Crippen LogP) is 3.63. The number of hydrogen-bond acceptors (Lipinski definition) is 1. The van der Waals surface area contributed by atoms with Crippen molar-refractivity contribution in [3.05, 3.63) is 83.2 Å². The minimum atomic E-state index is -0.312. The van der Waals surface area contributed by atoms with Crippen LogP contribution in [0.1, 0.15) is 5.69 Å². The van der Waals surface area contributed by atoms with Crippen LogP contribution in [-0.2, 0) is 7.05 Å². The zero-order chi connectivity index (χ0) is 15.7. The third-order valence-electron chi connectivity index (χ3n) is 3.63. The van der Waals surface area contributed by atoms with E-state index in [4.69, 9.17) is 0 Å². The Labute approximate surface area is 127 Å². The minimum absolute atomic E-state index is 0.166. The maximum Gasteiger partial charge on any atom is 0.333 e. The van der Waals surface area contributed by atoms with Crippen LogP contribution < -0.4 is 5.69 Å². The fourth-order valence-electron chi connectivity index (χ4n) is 2.56. The Morgan fingerprint density at radius 2 is 1.68 bits per heavy atom. The summed E-state index contributed by atoms with van der Waals surface area (Å²) in [7, 11) is 1.70. The smallest absolute Gasteiger partial charge is 0.295 e. The summed E-state index contributed by atoms with van der Waals surface area (Å²) in [6, 6.07) is 15.5. The van der Waals surface area contributed by atoms with E-state index in [1.807, 2.05) is 30.3 Å². The lowest BCUT2D eigenvalue weighted by atomic mass is 10.1. The van der Waals surface area contributed by atoms with Crippen LogP contribution in [-0.4, -0.2) is 9.13 Å². The zero-order valence-corrected chi connectivity index (χ0v) is 12.2. The molecule has 0 bridgehead atoms. The average Bonchev–Trinajstić information content (AvgIpc) is 2.80. The predicted molar refractivity (Wildman–Crippen MR) is 86.5 cm³/mol. The van der Waals surface area contributed by atoms with Crippen molar-refractivity contribution >= 4 is 6.08 Å². The van der Waals surface area contributed by atoms with Crippen molar-refractivity contribution in [3.8, 4) is 16.9 Å². The van der Waals surface area contributed by atoms with Gasteiger partial charge in [-0.15, -0.1) is 0 Å². The topological polar surface area (TPSA) is 26.9 Å². The fourth-order valence-corrected chi connectivity index (χ4v) is 2.56. The highest BCUT2D eigenvalue weighted by Gasteiger charge is 2.18. The molecule has 0 atom stereocenters. The van der Waals surface area contributed by atoms with Crippen molar-refractivity contribution in [2.24, 2.45) is 7.05 Å². The van der Waals surface area contributed by atoms with Gasteiger partial charge >= 0.3 is 5.69 Å². The SMILES string of the molecule is C=Cc1c(-c2ccc(F)cc2)n(-c2ccccc2)c(=O)n1C. The highest BCUT2D eigenvalue weighted by Crippen LogP contribution is 2.26. The summed E-state index contributed by atoms with van der Waals surface area (Å²) in [4.78, 5) is 12.6. The number of nitrogens with zero attached hydrogens (tertiary/aromatic N) is 2. The fraction of sp³-hybridized carbons (Fsp3) is 0.0556. The third kappa shape index (κ3) is 2.19. The Kier molecular flexibility index (Phi) is 3.51. The van der Waals surface area contributed by atoms with Crippen LogP contribution in [0.2, 0.25) is 0 Å². The second kappa shape index (κ2) is 5.48. The average molecular weight is 294 g/mol. The van der Waals surface area contributed by atoms with Gasteiger partial charge in [0.25, 0.3) is 0 Å². The van der Waals surface area contributed by atoms with Gasteiger partial charge in [0, 0.05) is 12.6 Å². The highest BCUT2D eigenvalue weighted by molar-refractivity contribution is 5.72. The Bertz CT molecular complexity index is 874. The van der Waals surface area contributed by atoms with Crippen molar-refractivity contribution in [2.75, 3.05) is 0 Å². The van der Waals surface area contributed by atoms with Crippen LogP contribution in [0.25, 0.3) is 23.0 Å². The molecule has 22 heavy (non-hydrogen) atoms. The van der Waals surface area contributed by atoms with Crippen molar-refractivity contribution < 1.29 is 4.39 Å². The Morgan fingerprint density at radius 3 is 2.27 bits per heavy atom. The molecule has 0 fully saturated rings. The molecule has 1 aromatic heterocycles. The minimum Gasteiger partial charge on any atom is -0.295 e. The molecule has 0 aliphatic carbocycles. The van der Waals surface area contributed by atoms with Crippen molar-refractivity contribution in [3.63, 3.8) is 0 Å². The van der Waals surface area contributed by atoms with Gasteiger partial charge < -0.3 is 0 Å². The number of imidazole rings is 1. The van der Waals surface area contributed by atoms with E-state index in [1.165, 1.54) is 12.1 Å². The van der Waals surface area contributed by atoms with Crippen LogP contribution in [0, 0.1) is 5.82 Å². The number of aromatic nitrogens is 2. The van der Waals surface area contributed by atoms with Crippen LogP contribution in [0.5, 0.6) is 0 Å². The number of halogens is 1. The lowest BCUT2D eigenvalue weighted by Crippen LogP contribution is -2.21. The molecule has 0 aliphatic heterocycles. The summed E-state index contributed by atoms with van der Waals surface area (Å²) in [5, 5.41) is 0. The number of hydrogen-bond donors (Lipinski definition) is 0. The van der Waals surface area contributed by atoms with E-state index < -0.39 is 0 Å². The second-order valence-corrected chi connectivity index (χ2v) is 4.96. The number of rotatable bonds is 3. The van der Waals surface area contributed by atoms with E-state index in [2.05, 4.69) is 6.58 Å². The van der Waals surface area contributed by atoms with Gasteiger partial charge in [-0.2, -0.15) is 0 Å². The molecule has 3 nitrogen and oxygen atoms in total. The highest BCUT2D eigenvalue weighted by atomic mass is 19.1. The monoisotopic (exact) mass is 294 g/mol. The lowest BCUT2D eigenvalue weighted by molar-refractivity contribution is 0.628. The first-order valence-electron chi connectivity index (χ1n) is 6.89. The first-order chi connectivity index (χ1) is 10.6. The maximum absolute atomic E-state index is 13.2. The summed E-state index contributed by atoms with van der Waals surface area (Å²) in [6.45, 7) is 3.80. The van der Waals surface area contributed by atoms with Gasteiger partial charge in [-0.1, -0.05) is 24.8 Å². The van der Waals surface area contributed by atoms with Crippen molar-refractivity contribution in [2.45, 2.75) is 0 Å². The normalized spacial score (nSPS) is 10.6. The Morgan fingerprint density at radius 1 is 1.05 bits per heavy atom. The maximum atomic E-state index is 13.2. The summed E-state index contributed by atoms with van der Waals surface area (Å²) in [5.74, 6) is -0.312. The van der Waals surface area contributed by atoms with Gasteiger partial charge in [0.05, 0.1) is 17.1 Å².